The molecule has 0 spiro atoms. The van der Waals surface area contributed by atoms with E-state index in [9.17, 15) is 0 Å². The Morgan fingerprint density at radius 1 is 1.28 bits per heavy atom. The van der Waals surface area contributed by atoms with Crippen LogP contribution in [0.3, 0.4) is 0 Å². The third-order valence-electron chi connectivity index (χ3n) is 3.55. The van der Waals surface area contributed by atoms with Gasteiger partial charge in [-0.25, -0.2) is 4.98 Å². The molecule has 9 heteroatoms. The Hall–Kier alpha value is -1.75. The topological polar surface area (TPSA) is 79.5 Å². The molecular formula is C16H22IN7S. The molecule has 0 amide bonds. The van der Waals surface area contributed by atoms with Gasteiger partial charge in [-0.2, -0.15) is 0 Å². The van der Waals surface area contributed by atoms with Crippen molar-refractivity contribution < 1.29 is 0 Å². The number of pyridine rings is 1. The molecule has 3 heterocycles. The van der Waals surface area contributed by atoms with Gasteiger partial charge in [0.15, 0.2) is 17.4 Å². The van der Waals surface area contributed by atoms with Gasteiger partial charge in [0.05, 0.1) is 11.6 Å². The Kier molecular flexibility index (Phi) is 7.56. The Morgan fingerprint density at radius 3 is 2.92 bits per heavy atom. The molecule has 0 saturated carbocycles. The predicted octanol–water partition coefficient (Wildman–Crippen LogP) is 2.41. The van der Waals surface area contributed by atoms with Gasteiger partial charge < -0.3 is 10.6 Å². The predicted molar refractivity (Wildman–Crippen MR) is 112 cm³/mol. The first-order valence-electron chi connectivity index (χ1n) is 7.90. The minimum atomic E-state index is 0. The second kappa shape index (κ2) is 9.66. The minimum Gasteiger partial charge on any atom is -0.356 e. The fraction of sp³-hybridized carbons (Fsp3) is 0.375. The highest BCUT2D eigenvalue weighted by Gasteiger charge is 2.05. The Balaban J connectivity index is 0.00000225. The third-order valence-corrected chi connectivity index (χ3v) is 4.57. The maximum Gasteiger partial charge on any atom is 0.191 e. The van der Waals surface area contributed by atoms with E-state index in [1.165, 1.54) is 5.01 Å². The zero-order chi connectivity index (χ0) is 16.8. The lowest BCUT2D eigenvalue weighted by atomic mass is 10.3. The Morgan fingerprint density at radius 2 is 2.16 bits per heavy atom. The average Bonchev–Trinajstić information content (AvgIpc) is 3.20. The van der Waals surface area contributed by atoms with E-state index in [0.717, 1.165) is 42.5 Å². The van der Waals surface area contributed by atoms with E-state index in [1.54, 1.807) is 18.4 Å². The zero-order valence-corrected chi connectivity index (χ0v) is 17.4. The van der Waals surface area contributed by atoms with Crippen molar-refractivity contribution >= 4 is 46.9 Å². The monoisotopic (exact) mass is 471 g/mol. The molecule has 0 aliphatic heterocycles. The van der Waals surface area contributed by atoms with Crippen molar-refractivity contribution in [2.24, 2.45) is 4.99 Å². The second-order valence-electron chi connectivity index (χ2n) is 5.38. The molecule has 0 atom stereocenters. The molecule has 0 fully saturated rings. The normalized spacial score (nSPS) is 11.4. The van der Waals surface area contributed by atoms with Crippen LogP contribution in [0.15, 0.2) is 34.8 Å². The number of aryl methyl sites for hydroxylation is 2. The number of thiazole rings is 1. The van der Waals surface area contributed by atoms with Crippen LogP contribution >= 0.6 is 35.3 Å². The van der Waals surface area contributed by atoms with E-state index in [0.29, 0.717) is 6.54 Å². The zero-order valence-electron chi connectivity index (χ0n) is 14.3. The van der Waals surface area contributed by atoms with Crippen molar-refractivity contribution in [2.75, 3.05) is 13.6 Å². The van der Waals surface area contributed by atoms with Gasteiger partial charge in [-0.3, -0.25) is 9.39 Å². The molecular weight excluding hydrogens is 449 g/mol. The summed E-state index contributed by atoms with van der Waals surface area (Å²) in [5.74, 6) is 1.62. The van der Waals surface area contributed by atoms with Crippen LogP contribution in [-0.4, -0.2) is 39.1 Å². The SMILES string of the molecule is CN=C(NCCCc1nc(C)cs1)NCc1nnc2ccccn12.I. The Labute approximate surface area is 168 Å². The fourth-order valence-corrected chi connectivity index (χ4v) is 3.18. The summed E-state index contributed by atoms with van der Waals surface area (Å²) >= 11 is 1.72. The molecule has 0 unspecified atom stereocenters. The standard InChI is InChI=1S/C16H21N7S.HI/c1-12-11-24-15(20-12)7-5-8-18-16(17-2)19-10-14-22-21-13-6-3-4-9-23(13)14;/h3-4,6,9,11H,5,7-8,10H2,1-2H3,(H2,17,18,19);1H. The van der Waals surface area contributed by atoms with Crippen molar-refractivity contribution in [3.05, 3.63) is 46.3 Å². The van der Waals surface area contributed by atoms with Crippen molar-refractivity contribution in [1.29, 1.82) is 0 Å². The second-order valence-corrected chi connectivity index (χ2v) is 6.33. The number of hydrogen-bond donors (Lipinski definition) is 2. The van der Waals surface area contributed by atoms with Gasteiger partial charge in [0.1, 0.15) is 0 Å². The minimum absolute atomic E-state index is 0. The summed E-state index contributed by atoms with van der Waals surface area (Å²) in [5.41, 5.74) is 1.94. The summed E-state index contributed by atoms with van der Waals surface area (Å²) in [6, 6.07) is 5.85. The summed E-state index contributed by atoms with van der Waals surface area (Å²) < 4.78 is 1.96. The maximum atomic E-state index is 4.47. The number of fused-ring (bicyclic) bond motifs is 1. The van der Waals surface area contributed by atoms with Gasteiger partial charge in [0.2, 0.25) is 0 Å². The largest absolute Gasteiger partial charge is 0.356 e. The number of halogens is 1. The van der Waals surface area contributed by atoms with Gasteiger partial charge in [0, 0.05) is 37.3 Å². The van der Waals surface area contributed by atoms with Crippen molar-refractivity contribution in [3.63, 3.8) is 0 Å². The number of hydrogen-bond acceptors (Lipinski definition) is 5. The molecule has 0 saturated heterocycles. The lowest BCUT2D eigenvalue weighted by Crippen LogP contribution is -2.37. The van der Waals surface area contributed by atoms with Gasteiger partial charge in [-0.1, -0.05) is 6.07 Å². The molecule has 3 aromatic rings. The summed E-state index contributed by atoms with van der Waals surface area (Å²) in [6.45, 7) is 3.44. The lowest BCUT2D eigenvalue weighted by molar-refractivity contribution is 0.725. The van der Waals surface area contributed by atoms with Gasteiger partial charge in [-0.05, 0) is 25.5 Å². The van der Waals surface area contributed by atoms with Crippen LogP contribution in [0.5, 0.6) is 0 Å². The molecule has 0 radical (unpaired) electrons. The first-order chi connectivity index (χ1) is 11.8. The molecule has 0 aromatic carbocycles. The van der Waals surface area contributed by atoms with E-state index in [-0.39, 0.29) is 24.0 Å². The van der Waals surface area contributed by atoms with E-state index in [2.05, 4.69) is 36.2 Å². The lowest BCUT2D eigenvalue weighted by Gasteiger charge is -2.10. The maximum absolute atomic E-state index is 4.47. The van der Waals surface area contributed by atoms with Crippen LogP contribution in [-0.2, 0) is 13.0 Å². The smallest absolute Gasteiger partial charge is 0.191 e. The van der Waals surface area contributed by atoms with E-state index >= 15 is 0 Å². The van der Waals surface area contributed by atoms with Crippen molar-refractivity contribution in [3.8, 4) is 0 Å². The quantitative estimate of drug-likeness (QED) is 0.250. The van der Waals surface area contributed by atoms with Crippen LogP contribution in [0.1, 0.15) is 22.9 Å². The highest BCUT2D eigenvalue weighted by molar-refractivity contribution is 14.0. The van der Waals surface area contributed by atoms with E-state index < -0.39 is 0 Å². The molecule has 134 valence electrons. The van der Waals surface area contributed by atoms with Crippen LogP contribution in [0.25, 0.3) is 5.65 Å². The molecule has 7 nitrogen and oxygen atoms in total. The highest BCUT2D eigenvalue weighted by Crippen LogP contribution is 2.10. The highest BCUT2D eigenvalue weighted by atomic mass is 127. The fourth-order valence-electron chi connectivity index (χ4n) is 2.36. The first kappa shape index (κ1) is 19.6. The number of aliphatic imine (C=N–C) groups is 1. The number of rotatable bonds is 6. The molecule has 2 N–H and O–H groups in total. The Bertz CT molecular complexity index is 827. The first-order valence-corrected chi connectivity index (χ1v) is 8.78. The van der Waals surface area contributed by atoms with Crippen molar-refractivity contribution in [1.82, 2.24) is 30.2 Å². The molecule has 0 bridgehead atoms. The van der Waals surface area contributed by atoms with Crippen LogP contribution in [0.4, 0.5) is 0 Å². The summed E-state index contributed by atoms with van der Waals surface area (Å²) in [4.78, 5) is 8.71. The van der Waals surface area contributed by atoms with Gasteiger partial charge in [0.25, 0.3) is 0 Å². The molecule has 3 rings (SSSR count). The number of nitrogens with one attached hydrogen (secondary N) is 2. The molecule has 0 aliphatic rings. The molecule has 3 aromatic heterocycles. The van der Waals surface area contributed by atoms with Gasteiger partial charge in [-0.15, -0.1) is 45.5 Å². The van der Waals surface area contributed by atoms with Gasteiger partial charge >= 0.3 is 0 Å². The van der Waals surface area contributed by atoms with Crippen LogP contribution in [0, 0.1) is 6.92 Å². The van der Waals surface area contributed by atoms with E-state index in [1.807, 2.05) is 35.7 Å². The average molecular weight is 471 g/mol. The third kappa shape index (κ3) is 5.36. The summed E-state index contributed by atoms with van der Waals surface area (Å²) in [5, 5.41) is 18.2. The molecule has 25 heavy (non-hydrogen) atoms. The van der Waals surface area contributed by atoms with Crippen molar-refractivity contribution in [2.45, 2.75) is 26.3 Å². The van der Waals surface area contributed by atoms with Crippen LogP contribution in [0.2, 0.25) is 0 Å². The molecule has 0 aliphatic carbocycles. The van der Waals surface area contributed by atoms with E-state index in [4.69, 9.17) is 0 Å². The number of guanidine groups is 1. The summed E-state index contributed by atoms with van der Waals surface area (Å²) in [7, 11) is 1.77. The number of aromatic nitrogens is 4. The van der Waals surface area contributed by atoms with Crippen LogP contribution < -0.4 is 10.6 Å². The number of nitrogens with zero attached hydrogens (tertiary/aromatic N) is 5. The summed E-state index contributed by atoms with van der Waals surface area (Å²) in [6.07, 6.45) is 3.96.